The molecule has 0 bridgehead atoms. The van der Waals surface area contributed by atoms with Gasteiger partial charge in [0.1, 0.15) is 5.82 Å². The molecule has 1 aromatic heterocycles. The summed E-state index contributed by atoms with van der Waals surface area (Å²) >= 11 is 0. The average Bonchev–Trinajstić information content (AvgIpc) is 2.48. The second-order valence-corrected chi connectivity index (χ2v) is 8.30. The summed E-state index contributed by atoms with van der Waals surface area (Å²) in [6.45, 7) is 0.403. The lowest BCUT2D eigenvalue weighted by Gasteiger charge is -2.38. The molecule has 0 atom stereocenters. The quantitative estimate of drug-likeness (QED) is 0.776. The summed E-state index contributed by atoms with van der Waals surface area (Å²) in [7, 11) is -3.43. The summed E-state index contributed by atoms with van der Waals surface area (Å²) in [6, 6.07) is 1.24. The summed E-state index contributed by atoms with van der Waals surface area (Å²) in [5.74, 6) is -3.49. The summed E-state index contributed by atoms with van der Waals surface area (Å²) in [5.41, 5.74) is -0.0938. The zero-order valence-electron chi connectivity index (χ0n) is 13.5. The Morgan fingerprint density at radius 2 is 2.08 bits per heavy atom. The highest BCUT2D eigenvalue weighted by atomic mass is 32.2. The summed E-state index contributed by atoms with van der Waals surface area (Å²) in [5, 5.41) is 0. The number of nitrogens with zero attached hydrogens (tertiary/aromatic N) is 3. The van der Waals surface area contributed by atoms with Gasteiger partial charge in [-0.3, -0.25) is 14.2 Å². The minimum absolute atomic E-state index is 0.0445. The van der Waals surface area contributed by atoms with E-state index in [-0.39, 0.29) is 43.3 Å². The molecule has 0 unspecified atom stereocenters. The zero-order valence-corrected chi connectivity index (χ0v) is 14.4. The highest BCUT2D eigenvalue weighted by Crippen LogP contribution is 2.43. The van der Waals surface area contributed by atoms with Gasteiger partial charge < -0.3 is 4.90 Å². The average molecular weight is 376 g/mol. The van der Waals surface area contributed by atoms with Crippen molar-refractivity contribution >= 4 is 15.9 Å². The molecule has 0 spiro atoms. The number of rotatable bonds is 4. The molecule has 0 saturated heterocycles. The van der Waals surface area contributed by atoms with Crippen molar-refractivity contribution in [3.8, 4) is 0 Å². The first kappa shape index (κ1) is 17.9. The maximum atomic E-state index is 13.0. The lowest BCUT2D eigenvalue weighted by molar-refractivity contribution is -0.161. The van der Waals surface area contributed by atoms with E-state index in [1.165, 1.54) is 15.5 Å². The van der Waals surface area contributed by atoms with E-state index in [0.29, 0.717) is 5.82 Å². The van der Waals surface area contributed by atoms with Crippen molar-refractivity contribution in [1.82, 2.24) is 19.2 Å². The zero-order chi connectivity index (χ0) is 18.4. The standard InChI is InChI=1S/C14H18F2N4O4S/c1-25(23,24)17-7-10-4-12(21)20-3-2-19(8-11(20)18-10)13(22)9-5-14(15,16)6-9/h4,9,17H,2-3,5-8H2,1H3. The van der Waals surface area contributed by atoms with E-state index >= 15 is 0 Å². The topological polar surface area (TPSA) is 101 Å². The number of nitrogens with one attached hydrogen (secondary N) is 1. The number of sulfonamides is 1. The van der Waals surface area contributed by atoms with Gasteiger partial charge in [-0.15, -0.1) is 0 Å². The number of amides is 1. The fraction of sp³-hybridized carbons (Fsp3) is 0.643. The molecule has 0 radical (unpaired) electrons. The number of carbonyl (C=O) groups is 1. The number of carbonyl (C=O) groups excluding carboxylic acids is 1. The van der Waals surface area contributed by atoms with Crippen LogP contribution < -0.4 is 10.3 Å². The van der Waals surface area contributed by atoms with Crippen molar-refractivity contribution in [3.05, 3.63) is 27.9 Å². The SMILES string of the molecule is CS(=O)(=O)NCc1cc(=O)n2c(n1)CN(C(=O)C1CC(F)(F)C1)CC2. The van der Waals surface area contributed by atoms with E-state index < -0.39 is 34.7 Å². The second kappa shape index (κ2) is 6.13. The fourth-order valence-electron chi connectivity index (χ4n) is 3.01. The fourth-order valence-corrected chi connectivity index (χ4v) is 3.42. The van der Waals surface area contributed by atoms with Gasteiger partial charge in [-0.2, -0.15) is 0 Å². The molecule has 1 fully saturated rings. The maximum absolute atomic E-state index is 13.0. The van der Waals surface area contributed by atoms with E-state index in [0.717, 1.165) is 6.26 Å². The molecule has 1 saturated carbocycles. The lowest BCUT2D eigenvalue weighted by atomic mass is 9.80. The number of aromatic nitrogens is 2. The minimum atomic E-state index is -3.43. The van der Waals surface area contributed by atoms with Crippen molar-refractivity contribution < 1.29 is 22.0 Å². The molecule has 1 amide bonds. The molecular formula is C14H18F2N4O4S. The smallest absolute Gasteiger partial charge is 0.253 e. The number of alkyl halides is 2. The predicted octanol–water partition coefficient (Wildman–Crippen LogP) is -0.320. The predicted molar refractivity (Wildman–Crippen MR) is 83.3 cm³/mol. The largest absolute Gasteiger partial charge is 0.333 e. The molecule has 2 heterocycles. The molecule has 1 N–H and O–H groups in total. The van der Waals surface area contributed by atoms with Gasteiger partial charge in [0.05, 0.1) is 25.0 Å². The number of hydrogen-bond acceptors (Lipinski definition) is 5. The molecule has 8 nitrogen and oxygen atoms in total. The Morgan fingerprint density at radius 3 is 2.68 bits per heavy atom. The van der Waals surface area contributed by atoms with Crippen molar-refractivity contribution in [2.24, 2.45) is 5.92 Å². The molecule has 1 aliphatic heterocycles. The number of halogens is 2. The highest BCUT2D eigenvalue weighted by molar-refractivity contribution is 7.88. The van der Waals surface area contributed by atoms with Crippen LogP contribution in [0, 0.1) is 5.92 Å². The first-order chi connectivity index (χ1) is 11.5. The molecule has 2 aliphatic rings. The van der Waals surface area contributed by atoms with Gasteiger partial charge in [0.15, 0.2) is 0 Å². The van der Waals surface area contributed by atoms with Crippen molar-refractivity contribution in [2.45, 2.75) is 38.4 Å². The van der Waals surface area contributed by atoms with Crippen LogP contribution in [0.2, 0.25) is 0 Å². The van der Waals surface area contributed by atoms with Gasteiger partial charge >= 0.3 is 0 Å². The van der Waals surface area contributed by atoms with Gasteiger partial charge in [0.2, 0.25) is 21.9 Å². The van der Waals surface area contributed by atoms with Crippen molar-refractivity contribution in [2.75, 3.05) is 12.8 Å². The third-order valence-corrected chi connectivity index (χ3v) is 5.00. The maximum Gasteiger partial charge on any atom is 0.253 e. The summed E-state index contributed by atoms with van der Waals surface area (Å²) in [4.78, 5) is 30.1. The van der Waals surface area contributed by atoms with Crippen LogP contribution in [-0.4, -0.2) is 47.5 Å². The molecule has 25 heavy (non-hydrogen) atoms. The summed E-state index contributed by atoms with van der Waals surface area (Å²) in [6.07, 6.45) is 0.106. The first-order valence-electron chi connectivity index (χ1n) is 7.75. The highest BCUT2D eigenvalue weighted by Gasteiger charge is 2.50. The van der Waals surface area contributed by atoms with E-state index in [9.17, 15) is 26.8 Å². The molecule has 138 valence electrons. The molecule has 3 rings (SSSR count). The first-order valence-corrected chi connectivity index (χ1v) is 9.64. The van der Waals surface area contributed by atoms with E-state index in [2.05, 4.69) is 9.71 Å². The third kappa shape index (κ3) is 4.03. The van der Waals surface area contributed by atoms with Crippen molar-refractivity contribution in [1.29, 1.82) is 0 Å². The normalized spacial score (nSPS) is 20.0. The Labute approximate surface area is 142 Å². The van der Waals surface area contributed by atoms with Gasteiger partial charge in [-0.1, -0.05) is 0 Å². The second-order valence-electron chi connectivity index (χ2n) is 6.47. The van der Waals surface area contributed by atoms with Crippen LogP contribution in [0.5, 0.6) is 0 Å². The van der Waals surface area contributed by atoms with Crippen molar-refractivity contribution in [3.63, 3.8) is 0 Å². The van der Waals surface area contributed by atoms with Crippen LogP contribution in [-0.2, 0) is 34.5 Å². The van der Waals surface area contributed by atoms with Crippen LogP contribution in [0.25, 0.3) is 0 Å². The van der Waals surface area contributed by atoms with Crippen LogP contribution in [0.3, 0.4) is 0 Å². The van der Waals surface area contributed by atoms with Crippen LogP contribution >= 0.6 is 0 Å². The minimum Gasteiger partial charge on any atom is -0.333 e. The van der Waals surface area contributed by atoms with Gasteiger partial charge in [-0.25, -0.2) is 26.9 Å². The van der Waals surface area contributed by atoms with Crippen LogP contribution in [0.15, 0.2) is 10.9 Å². The number of hydrogen-bond donors (Lipinski definition) is 1. The third-order valence-electron chi connectivity index (χ3n) is 4.33. The Hall–Kier alpha value is -1.88. The molecule has 0 aromatic carbocycles. The molecule has 11 heteroatoms. The molecular weight excluding hydrogens is 358 g/mol. The summed E-state index contributed by atoms with van der Waals surface area (Å²) < 4.78 is 51.9. The Kier molecular flexibility index (Phi) is 4.40. The molecule has 1 aromatic rings. The van der Waals surface area contributed by atoms with Gasteiger partial charge in [0.25, 0.3) is 5.56 Å². The van der Waals surface area contributed by atoms with E-state index in [1.807, 2.05) is 0 Å². The van der Waals surface area contributed by atoms with Crippen LogP contribution in [0.4, 0.5) is 8.78 Å². The van der Waals surface area contributed by atoms with Gasteiger partial charge in [0, 0.05) is 37.9 Å². The Bertz CT molecular complexity index is 860. The lowest BCUT2D eigenvalue weighted by Crippen LogP contribution is -2.50. The Balaban J connectivity index is 1.74. The number of fused-ring (bicyclic) bond motifs is 1. The van der Waals surface area contributed by atoms with Gasteiger partial charge in [-0.05, 0) is 0 Å². The van der Waals surface area contributed by atoms with E-state index in [1.54, 1.807) is 0 Å². The Morgan fingerprint density at radius 1 is 1.40 bits per heavy atom. The van der Waals surface area contributed by atoms with E-state index in [4.69, 9.17) is 0 Å². The van der Waals surface area contributed by atoms with Crippen LogP contribution in [0.1, 0.15) is 24.4 Å². The molecule has 1 aliphatic carbocycles. The monoisotopic (exact) mass is 376 g/mol.